The summed E-state index contributed by atoms with van der Waals surface area (Å²) in [7, 11) is 1.35. The number of rotatable bonds is 5. The molecule has 2 amide bonds. The van der Waals surface area contributed by atoms with Crippen molar-refractivity contribution in [3.8, 4) is 5.69 Å². The second-order valence-corrected chi connectivity index (χ2v) is 9.02. The number of aromatic nitrogens is 1. The minimum atomic E-state index is -0.533. The number of nitrogens with one attached hydrogen (secondary N) is 1. The summed E-state index contributed by atoms with van der Waals surface area (Å²) in [4.78, 5) is 39.5. The number of hydrogen-bond acceptors (Lipinski definition) is 5. The highest BCUT2D eigenvalue weighted by molar-refractivity contribution is 7.80. The standard InChI is InChI=1S/C28H27N3O4S/c1-6-19-7-10-22(11-8-19)31-26(33)23(25(32)29-28(31)36)15-21-14-17(3)30(18(21)4)24-12-9-20(13-16(24)2)27(34)35-5/h7-15H,6H2,1-5H3,(H,29,32,36)/b23-15+. The van der Waals surface area contributed by atoms with Crippen LogP contribution in [0.1, 0.15) is 45.4 Å². The summed E-state index contributed by atoms with van der Waals surface area (Å²) < 4.78 is 6.84. The topological polar surface area (TPSA) is 80.6 Å². The molecule has 2 heterocycles. The van der Waals surface area contributed by atoms with Crippen molar-refractivity contribution in [1.82, 2.24) is 9.88 Å². The molecule has 36 heavy (non-hydrogen) atoms. The van der Waals surface area contributed by atoms with Gasteiger partial charge < -0.3 is 9.30 Å². The maximum Gasteiger partial charge on any atom is 0.337 e. The highest BCUT2D eigenvalue weighted by Gasteiger charge is 2.34. The maximum absolute atomic E-state index is 13.4. The van der Waals surface area contributed by atoms with Gasteiger partial charge in [0, 0.05) is 17.1 Å². The lowest BCUT2D eigenvalue weighted by Gasteiger charge is -2.29. The largest absolute Gasteiger partial charge is 0.465 e. The summed E-state index contributed by atoms with van der Waals surface area (Å²) in [5.74, 6) is -1.41. The second-order valence-electron chi connectivity index (χ2n) is 8.63. The zero-order chi connectivity index (χ0) is 26.1. The molecule has 1 N–H and O–H groups in total. The van der Waals surface area contributed by atoms with Crippen molar-refractivity contribution in [3.05, 3.63) is 87.7 Å². The van der Waals surface area contributed by atoms with Crippen molar-refractivity contribution in [2.24, 2.45) is 0 Å². The van der Waals surface area contributed by atoms with Crippen LogP contribution < -0.4 is 10.2 Å². The number of anilines is 1. The number of amides is 2. The molecule has 0 bridgehead atoms. The first-order valence-electron chi connectivity index (χ1n) is 11.5. The highest BCUT2D eigenvalue weighted by Crippen LogP contribution is 2.28. The minimum Gasteiger partial charge on any atom is -0.465 e. The molecule has 7 nitrogen and oxygen atoms in total. The Labute approximate surface area is 215 Å². The number of esters is 1. The maximum atomic E-state index is 13.4. The van der Waals surface area contributed by atoms with E-state index in [4.69, 9.17) is 17.0 Å². The Kier molecular flexibility index (Phi) is 6.90. The van der Waals surface area contributed by atoms with Crippen LogP contribution in [-0.4, -0.2) is 34.6 Å². The summed E-state index contributed by atoms with van der Waals surface area (Å²) in [6.07, 6.45) is 2.48. The van der Waals surface area contributed by atoms with E-state index in [2.05, 4.69) is 12.2 Å². The van der Waals surface area contributed by atoms with Gasteiger partial charge in [0.05, 0.1) is 18.4 Å². The molecule has 0 saturated carbocycles. The lowest BCUT2D eigenvalue weighted by molar-refractivity contribution is -0.122. The van der Waals surface area contributed by atoms with Crippen molar-refractivity contribution < 1.29 is 19.1 Å². The minimum absolute atomic E-state index is 0.00109. The second kappa shape index (κ2) is 9.91. The molecule has 1 aromatic heterocycles. The van der Waals surface area contributed by atoms with Gasteiger partial charge in [-0.3, -0.25) is 19.8 Å². The molecule has 1 saturated heterocycles. The number of nitrogens with zero attached hydrogens (tertiary/aromatic N) is 2. The number of aryl methyl sites for hydroxylation is 3. The molecule has 1 aliphatic rings. The average molecular weight is 502 g/mol. The van der Waals surface area contributed by atoms with Crippen LogP contribution in [-0.2, 0) is 20.7 Å². The summed E-state index contributed by atoms with van der Waals surface area (Å²) in [5, 5.41) is 2.69. The van der Waals surface area contributed by atoms with Crippen LogP contribution >= 0.6 is 12.2 Å². The van der Waals surface area contributed by atoms with Gasteiger partial charge in [-0.25, -0.2) is 4.79 Å². The lowest BCUT2D eigenvalue weighted by Crippen LogP contribution is -2.54. The molecule has 1 aliphatic heterocycles. The molecular weight excluding hydrogens is 474 g/mol. The Morgan fingerprint density at radius 3 is 2.36 bits per heavy atom. The molecule has 1 fully saturated rings. The predicted molar refractivity (Wildman–Crippen MR) is 143 cm³/mol. The van der Waals surface area contributed by atoms with E-state index in [0.29, 0.717) is 11.3 Å². The van der Waals surface area contributed by atoms with Crippen molar-refractivity contribution in [1.29, 1.82) is 0 Å². The van der Waals surface area contributed by atoms with E-state index < -0.39 is 17.8 Å². The first kappa shape index (κ1) is 25.1. The van der Waals surface area contributed by atoms with Crippen molar-refractivity contribution in [2.75, 3.05) is 12.0 Å². The van der Waals surface area contributed by atoms with Crippen LogP contribution in [0.25, 0.3) is 11.8 Å². The number of carbonyl (C=O) groups is 3. The molecular formula is C28H27N3O4S. The number of benzene rings is 2. The van der Waals surface area contributed by atoms with Gasteiger partial charge in [0.2, 0.25) is 0 Å². The monoisotopic (exact) mass is 501 g/mol. The molecule has 4 rings (SSSR count). The fourth-order valence-electron chi connectivity index (χ4n) is 4.38. The van der Waals surface area contributed by atoms with Crippen LogP contribution in [0.4, 0.5) is 5.69 Å². The number of carbonyl (C=O) groups excluding carboxylic acids is 3. The van der Waals surface area contributed by atoms with Gasteiger partial charge in [0.1, 0.15) is 5.57 Å². The molecule has 184 valence electrons. The molecule has 0 unspecified atom stereocenters. The molecule has 2 aromatic carbocycles. The van der Waals surface area contributed by atoms with E-state index in [1.54, 1.807) is 18.2 Å². The van der Waals surface area contributed by atoms with E-state index >= 15 is 0 Å². The van der Waals surface area contributed by atoms with Gasteiger partial charge in [-0.1, -0.05) is 19.1 Å². The summed E-state index contributed by atoms with van der Waals surface area (Å²) in [6.45, 7) is 7.84. The van der Waals surface area contributed by atoms with Crippen molar-refractivity contribution >= 4 is 46.9 Å². The zero-order valence-corrected chi connectivity index (χ0v) is 21.7. The first-order valence-corrected chi connectivity index (χ1v) is 12.0. The predicted octanol–water partition coefficient (Wildman–Crippen LogP) is 4.58. The number of methoxy groups -OCH3 is 1. The SMILES string of the molecule is CCc1ccc(N2C(=O)/C(=C/c3cc(C)n(-c4ccc(C(=O)OC)cc4C)c3C)C(=O)NC2=S)cc1. The van der Waals surface area contributed by atoms with Gasteiger partial charge in [-0.2, -0.15) is 0 Å². The fraction of sp³-hybridized carbons (Fsp3) is 0.214. The molecule has 8 heteroatoms. The molecule has 3 aromatic rings. The quantitative estimate of drug-likeness (QED) is 0.240. The Morgan fingerprint density at radius 2 is 1.75 bits per heavy atom. The van der Waals surface area contributed by atoms with Crippen LogP contribution in [0.15, 0.2) is 54.1 Å². The van der Waals surface area contributed by atoms with Crippen molar-refractivity contribution in [3.63, 3.8) is 0 Å². The van der Waals surface area contributed by atoms with Gasteiger partial charge in [-0.05, 0) is 98.6 Å². The van der Waals surface area contributed by atoms with E-state index in [1.165, 1.54) is 12.0 Å². The van der Waals surface area contributed by atoms with Gasteiger partial charge >= 0.3 is 5.97 Å². The van der Waals surface area contributed by atoms with Crippen LogP contribution in [0.3, 0.4) is 0 Å². The fourth-order valence-corrected chi connectivity index (χ4v) is 4.66. The lowest BCUT2D eigenvalue weighted by atomic mass is 10.1. The number of hydrogen-bond donors (Lipinski definition) is 1. The highest BCUT2D eigenvalue weighted by atomic mass is 32.1. The van der Waals surface area contributed by atoms with Gasteiger partial charge in [0.15, 0.2) is 5.11 Å². The van der Waals surface area contributed by atoms with Gasteiger partial charge in [-0.15, -0.1) is 0 Å². The normalized spacial score (nSPS) is 14.9. The molecule has 0 atom stereocenters. The zero-order valence-electron chi connectivity index (χ0n) is 20.8. The molecule has 0 spiro atoms. The Morgan fingerprint density at radius 1 is 1.06 bits per heavy atom. The Bertz CT molecular complexity index is 1430. The Hall–Kier alpha value is -4.04. The summed E-state index contributed by atoms with van der Waals surface area (Å²) in [5.41, 5.74) is 6.48. The number of thiocarbonyl (C=S) groups is 1. The smallest absolute Gasteiger partial charge is 0.337 e. The van der Waals surface area contributed by atoms with Crippen LogP contribution in [0, 0.1) is 20.8 Å². The van der Waals surface area contributed by atoms with E-state index in [-0.39, 0.29) is 10.7 Å². The third-order valence-corrected chi connectivity index (χ3v) is 6.62. The third-order valence-electron chi connectivity index (χ3n) is 6.33. The summed E-state index contributed by atoms with van der Waals surface area (Å²) in [6, 6.07) is 14.8. The Balaban J connectivity index is 1.73. The van der Waals surface area contributed by atoms with Gasteiger partial charge in [0.25, 0.3) is 11.8 Å². The van der Waals surface area contributed by atoms with Crippen LogP contribution in [0.2, 0.25) is 0 Å². The van der Waals surface area contributed by atoms with Crippen LogP contribution in [0.5, 0.6) is 0 Å². The van der Waals surface area contributed by atoms with E-state index in [0.717, 1.165) is 40.2 Å². The third kappa shape index (κ3) is 4.47. The first-order chi connectivity index (χ1) is 17.2. The van der Waals surface area contributed by atoms with E-state index in [9.17, 15) is 14.4 Å². The average Bonchev–Trinajstić information content (AvgIpc) is 3.13. The molecule has 0 radical (unpaired) electrons. The van der Waals surface area contributed by atoms with Crippen molar-refractivity contribution in [2.45, 2.75) is 34.1 Å². The van der Waals surface area contributed by atoms with E-state index in [1.807, 2.05) is 61.7 Å². The number of ether oxygens (including phenoxy) is 1. The molecule has 0 aliphatic carbocycles. The summed E-state index contributed by atoms with van der Waals surface area (Å²) >= 11 is 5.32.